The monoisotopic (exact) mass is 374 g/mol. The molecule has 0 unspecified atom stereocenters. The second-order valence-electron chi connectivity index (χ2n) is 9.74. The number of methoxy groups -OCH3 is 1. The van der Waals surface area contributed by atoms with Crippen LogP contribution in [0.25, 0.3) is 0 Å². The van der Waals surface area contributed by atoms with Gasteiger partial charge in [-0.15, -0.1) is 0 Å². The Morgan fingerprint density at radius 1 is 0.778 bits per heavy atom. The molecule has 0 radical (unpaired) electrons. The van der Waals surface area contributed by atoms with Crippen LogP contribution in [0.4, 0.5) is 0 Å². The third kappa shape index (κ3) is 5.84. The number of carbonyl (C=O) groups is 1. The van der Waals surface area contributed by atoms with Crippen molar-refractivity contribution in [1.82, 2.24) is 0 Å². The summed E-state index contributed by atoms with van der Waals surface area (Å²) in [4.78, 5) is 11.7. The van der Waals surface area contributed by atoms with Gasteiger partial charge in [-0.1, -0.05) is 25.0 Å². The van der Waals surface area contributed by atoms with Gasteiger partial charge in [0.15, 0.2) is 0 Å². The Labute approximate surface area is 167 Å². The molecule has 3 fully saturated rings. The van der Waals surface area contributed by atoms with E-state index in [1.54, 1.807) is 0 Å². The van der Waals surface area contributed by atoms with Crippen LogP contribution >= 0.6 is 0 Å². The molecule has 27 heavy (non-hydrogen) atoms. The van der Waals surface area contributed by atoms with Gasteiger partial charge in [-0.3, -0.25) is 4.79 Å². The zero-order chi connectivity index (χ0) is 19.1. The normalized spacial score (nSPS) is 38.0. The Morgan fingerprint density at radius 2 is 1.22 bits per heavy atom. The molecule has 2 nitrogen and oxygen atoms in total. The second kappa shape index (κ2) is 10.7. The summed E-state index contributed by atoms with van der Waals surface area (Å²) in [6.45, 7) is 2.14. The van der Waals surface area contributed by atoms with Crippen LogP contribution in [0.5, 0.6) is 0 Å². The van der Waals surface area contributed by atoms with E-state index in [4.69, 9.17) is 4.74 Å². The lowest BCUT2D eigenvalue weighted by molar-refractivity contribution is -0.147. The zero-order valence-electron chi connectivity index (χ0n) is 17.8. The molecule has 3 saturated carbocycles. The summed E-state index contributed by atoms with van der Waals surface area (Å²) in [7, 11) is 1.53. The molecule has 0 saturated heterocycles. The van der Waals surface area contributed by atoms with E-state index in [-0.39, 0.29) is 11.9 Å². The van der Waals surface area contributed by atoms with Crippen molar-refractivity contribution in [2.45, 2.75) is 96.8 Å². The minimum absolute atomic E-state index is 0.0264. The number of hydrogen-bond donors (Lipinski definition) is 0. The van der Waals surface area contributed by atoms with E-state index in [1.807, 2.05) is 0 Å². The molecule has 0 heterocycles. The van der Waals surface area contributed by atoms with Crippen molar-refractivity contribution in [3.63, 3.8) is 0 Å². The molecule has 154 valence electrons. The Morgan fingerprint density at radius 3 is 1.67 bits per heavy atom. The lowest BCUT2D eigenvalue weighted by Gasteiger charge is -2.41. The predicted molar refractivity (Wildman–Crippen MR) is 112 cm³/mol. The van der Waals surface area contributed by atoms with E-state index in [2.05, 4.69) is 19.1 Å². The van der Waals surface area contributed by atoms with Crippen molar-refractivity contribution in [2.75, 3.05) is 7.11 Å². The van der Waals surface area contributed by atoms with Gasteiger partial charge in [0.25, 0.3) is 0 Å². The summed E-state index contributed by atoms with van der Waals surface area (Å²) in [6, 6.07) is 0. The fourth-order valence-corrected chi connectivity index (χ4v) is 6.53. The Kier molecular flexibility index (Phi) is 8.27. The van der Waals surface area contributed by atoms with E-state index in [0.717, 1.165) is 42.4 Å². The van der Waals surface area contributed by atoms with Crippen molar-refractivity contribution >= 4 is 5.97 Å². The number of ether oxygens (including phenoxy) is 1. The van der Waals surface area contributed by atoms with Crippen molar-refractivity contribution in [3.8, 4) is 0 Å². The Hall–Kier alpha value is -0.790. The predicted octanol–water partition coefficient (Wildman–Crippen LogP) is 6.93. The van der Waals surface area contributed by atoms with Gasteiger partial charge in [-0.2, -0.15) is 0 Å². The third-order valence-corrected chi connectivity index (χ3v) is 8.32. The summed E-state index contributed by atoms with van der Waals surface area (Å²) >= 11 is 0. The molecule has 2 heteroatoms. The van der Waals surface area contributed by atoms with Gasteiger partial charge in [0.05, 0.1) is 13.0 Å². The quantitative estimate of drug-likeness (QED) is 0.372. The highest BCUT2D eigenvalue weighted by molar-refractivity contribution is 5.72. The standard InChI is InChI=1S/C25H42O2/c1-3-4-5-6-19-7-9-20(10-8-19)21-11-13-22(14-12-21)23-15-17-24(18-16-23)25(26)27-2/h3-4,19-24H,5-18H2,1-2H3. The average Bonchev–Trinajstić information content (AvgIpc) is 2.74. The molecule has 0 atom stereocenters. The van der Waals surface area contributed by atoms with E-state index in [0.29, 0.717) is 0 Å². The van der Waals surface area contributed by atoms with Gasteiger partial charge >= 0.3 is 5.97 Å². The summed E-state index contributed by atoms with van der Waals surface area (Å²) in [5.74, 6) is 5.08. The largest absolute Gasteiger partial charge is 0.469 e. The molecule has 3 aliphatic carbocycles. The number of carbonyl (C=O) groups excluding carboxylic acids is 1. The van der Waals surface area contributed by atoms with Crippen LogP contribution in [0.15, 0.2) is 12.2 Å². The Bertz CT molecular complexity index is 459. The zero-order valence-corrected chi connectivity index (χ0v) is 17.8. The highest BCUT2D eigenvalue weighted by atomic mass is 16.5. The van der Waals surface area contributed by atoms with E-state index in [9.17, 15) is 4.79 Å². The van der Waals surface area contributed by atoms with E-state index >= 15 is 0 Å². The van der Waals surface area contributed by atoms with Crippen LogP contribution < -0.4 is 0 Å². The molecular formula is C25H42O2. The maximum absolute atomic E-state index is 11.7. The summed E-state index contributed by atoms with van der Waals surface area (Å²) < 4.78 is 4.94. The maximum Gasteiger partial charge on any atom is 0.308 e. The number of hydrogen-bond acceptors (Lipinski definition) is 2. The minimum Gasteiger partial charge on any atom is -0.469 e. The first-order valence-electron chi connectivity index (χ1n) is 11.9. The summed E-state index contributed by atoms with van der Waals surface area (Å²) in [5, 5.41) is 0. The SMILES string of the molecule is CC=CCCC1CCC(C2CCC(C3CCC(C(=O)OC)CC3)CC2)CC1. The molecule has 0 aromatic heterocycles. The average molecular weight is 375 g/mol. The van der Waals surface area contributed by atoms with Gasteiger partial charge < -0.3 is 4.74 Å². The smallest absolute Gasteiger partial charge is 0.308 e. The highest BCUT2D eigenvalue weighted by Gasteiger charge is 2.35. The Balaban J connectivity index is 1.34. The van der Waals surface area contributed by atoms with Gasteiger partial charge in [-0.05, 0) is 114 Å². The first kappa shape index (κ1) is 20.9. The number of esters is 1. The summed E-state index contributed by atoms with van der Waals surface area (Å²) in [6.07, 6.45) is 23.7. The number of allylic oxidation sites excluding steroid dienone is 2. The van der Waals surface area contributed by atoms with Gasteiger partial charge in [0.2, 0.25) is 0 Å². The first-order chi connectivity index (χ1) is 13.2. The topological polar surface area (TPSA) is 26.3 Å². The van der Waals surface area contributed by atoms with Crippen molar-refractivity contribution in [1.29, 1.82) is 0 Å². The second-order valence-corrected chi connectivity index (χ2v) is 9.74. The maximum atomic E-state index is 11.7. The molecule has 0 aromatic rings. The molecule has 0 aliphatic heterocycles. The lowest BCUT2D eigenvalue weighted by atomic mass is 9.65. The van der Waals surface area contributed by atoms with Crippen LogP contribution in [0.2, 0.25) is 0 Å². The van der Waals surface area contributed by atoms with Crippen LogP contribution in [0, 0.1) is 35.5 Å². The van der Waals surface area contributed by atoms with Crippen molar-refractivity contribution in [2.24, 2.45) is 35.5 Å². The minimum atomic E-state index is 0.0264. The molecule has 0 amide bonds. The van der Waals surface area contributed by atoms with E-state index < -0.39 is 0 Å². The fraction of sp³-hybridized carbons (Fsp3) is 0.880. The third-order valence-electron chi connectivity index (χ3n) is 8.32. The van der Waals surface area contributed by atoms with Crippen LogP contribution in [0.3, 0.4) is 0 Å². The molecule has 0 N–H and O–H groups in total. The molecular weight excluding hydrogens is 332 g/mol. The van der Waals surface area contributed by atoms with Crippen LogP contribution in [-0.4, -0.2) is 13.1 Å². The molecule has 3 aliphatic rings. The summed E-state index contributed by atoms with van der Waals surface area (Å²) in [5.41, 5.74) is 0. The molecule has 0 spiro atoms. The van der Waals surface area contributed by atoms with Gasteiger partial charge in [0, 0.05) is 0 Å². The lowest BCUT2D eigenvalue weighted by Crippen LogP contribution is -2.31. The highest BCUT2D eigenvalue weighted by Crippen LogP contribution is 2.46. The fourth-order valence-electron chi connectivity index (χ4n) is 6.53. The molecule has 3 rings (SSSR count). The first-order valence-corrected chi connectivity index (χ1v) is 11.9. The molecule has 0 bridgehead atoms. The van der Waals surface area contributed by atoms with Gasteiger partial charge in [0.1, 0.15) is 0 Å². The molecule has 0 aromatic carbocycles. The van der Waals surface area contributed by atoms with Gasteiger partial charge in [-0.25, -0.2) is 0 Å². The van der Waals surface area contributed by atoms with Crippen molar-refractivity contribution in [3.05, 3.63) is 12.2 Å². The van der Waals surface area contributed by atoms with Crippen LogP contribution in [0.1, 0.15) is 96.8 Å². The van der Waals surface area contributed by atoms with Crippen LogP contribution in [-0.2, 0) is 9.53 Å². The van der Waals surface area contributed by atoms with Crippen molar-refractivity contribution < 1.29 is 9.53 Å². The van der Waals surface area contributed by atoms with E-state index in [1.165, 1.54) is 84.2 Å². The number of rotatable bonds is 6.